The van der Waals surface area contributed by atoms with Gasteiger partial charge < -0.3 is 15.4 Å². The van der Waals surface area contributed by atoms with Gasteiger partial charge in [0.05, 0.1) is 11.8 Å². The van der Waals surface area contributed by atoms with Gasteiger partial charge in [0.2, 0.25) is 0 Å². The molecule has 2 aromatic carbocycles. The number of ether oxygens (including phenoxy) is 1. The Labute approximate surface area is 143 Å². The molecule has 0 aliphatic heterocycles. The van der Waals surface area contributed by atoms with E-state index in [2.05, 4.69) is 16.7 Å². The van der Waals surface area contributed by atoms with Crippen molar-refractivity contribution in [3.8, 4) is 5.75 Å². The van der Waals surface area contributed by atoms with Crippen LogP contribution in [0.4, 0.5) is 10.5 Å². The molecule has 1 aliphatic rings. The van der Waals surface area contributed by atoms with E-state index < -0.39 is 0 Å². The molecule has 24 heavy (non-hydrogen) atoms. The first kappa shape index (κ1) is 16.4. The van der Waals surface area contributed by atoms with Crippen molar-refractivity contribution < 1.29 is 9.53 Å². The smallest absolute Gasteiger partial charge is 0.319 e. The number of rotatable bonds is 5. The van der Waals surface area contributed by atoms with Crippen molar-refractivity contribution in [1.82, 2.24) is 5.32 Å². The van der Waals surface area contributed by atoms with Crippen LogP contribution in [0.2, 0.25) is 0 Å². The fourth-order valence-corrected chi connectivity index (χ4v) is 3.03. The quantitative estimate of drug-likeness (QED) is 0.842. The molecule has 0 aromatic heterocycles. The lowest BCUT2D eigenvalue weighted by atomic mass is 10.1. The van der Waals surface area contributed by atoms with Gasteiger partial charge in [-0.25, -0.2) is 4.79 Å². The number of benzene rings is 2. The zero-order valence-electron chi connectivity index (χ0n) is 14.0. The highest BCUT2D eigenvalue weighted by atomic mass is 16.5. The summed E-state index contributed by atoms with van der Waals surface area (Å²) in [5.41, 5.74) is 2.98. The van der Waals surface area contributed by atoms with E-state index >= 15 is 0 Å². The van der Waals surface area contributed by atoms with Crippen LogP contribution in [0.25, 0.3) is 0 Å². The first-order chi connectivity index (χ1) is 11.7. The number of para-hydroxylation sites is 2. The number of hydrogen-bond acceptors (Lipinski definition) is 2. The summed E-state index contributed by atoms with van der Waals surface area (Å²) in [4.78, 5) is 12.2. The number of nitrogens with one attached hydrogen (secondary N) is 2. The van der Waals surface area contributed by atoms with Crippen LogP contribution in [0, 0.1) is 6.92 Å². The van der Waals surface area contributed by atoms with Crippen molar-refractivity contribution >= 4 is 11.7 Å². The Kier molecular flexibility index (Phi) is 5.36. The number of hydrogen-bond donors (Lipinski definition) is 2. The molecule has 0 spiro atoms. The fraction of sp³-hybridized carbons (Fsp3) is 0.350. The molecule has 1 saturated carbocycles. The van der Waals surface area contributed by atoms with Crippen molar-refractivity contribution in [3.63, 3.8) is 0 Å². The van der Waals surface area contributed by atoms with Crippen molar-refractivity contribution in [2.45, 2.75) is 45.3 Å². The van der Waals surface area contributed by atoms with Crippen LogP contribution in [0.5, 0.6) is 5.75 Å². The highest BCUT2D eigenvalue weighted by Crippen LogP contribution is 2.29. The van der Waals surface area contributed by atoms with E-state index in [9.17, 15) is 4.79 Å². The van der Waals surface area contributed by atoms with E-state index in [4.69, 9.17) is 4.74 Å². The highest BCUT2D eigenvalue weighted by molar-refractivity contribution is 5.90. The minimum atomic E-state index is -0.223. The molecule has 1 fully saturated rings. The van der Waals surface area contributed by atoms with Crippen LogP contribution in [-0.2, 0) is 6.54 Å². The molecule has 0 radical (unpaired) electrons. The predicted molar refractivity (Wildman–Crippen MR) is 96.4 cm³/mol. The molecule has 2 aromatic rings. The Morgan fingerprint density at radius 3 is 2.71 bits per heavy atom. The third-order valence-corrected chi connectivity index (χ3v) is 4.27. The highest BCUT2D eigenvalue weighted by Gasteiger charge is 2.18. The lowest BCUT2D eigenvalue weighted by molar-refractivity contribution is 0.211. The third-order valence-electron chi connectivity index (χ3n) is 4.27. The van der Waals surface area contributed by atoms with Gasteiger partial charge in [-0.3, -0.25) is 0 Å². The largest absolute Gasteiger partial charge is 0.488 e. The maximum absolute atomic E-state index is 12.2. The maximum atomic E-state index is 12.2. The number of carbonyl (C=O) groups is 1. The predicted octanol–water partition coefficient (Wildman–Crippen LogP) is 4.64. The monoisotopic (exact) mass is 324 g/mol. The van der Waals surface area contributed by atoms with Crippen molar-refractivity contribution in [1.29, 1.82) is 0 Å². The first-order valence-corrected chi connectivity index (χ1v) is 8.57. The van der Waals surface area contributed by atoms with E-state index in [0.717, 1.165) is 24.2 Å². The minimum absolute atomic E-state index is 0.223. The zero-order valence-corrected chi connectivity index (χ0v) is 14.0. The van der Waals surface area contributed by atoms with Crippen LogP contribution >= 0.6 is 0 Å². The molecule has 2 N–H and O–H groups in total. The van der Waals surface area contributed by atoms with Gasteiger partial charge in [-0.1, -0.05) is 42.0 Å². The summed E-state index contributed by atoms with van der Waals surface area (Å²) < 4.78 is 6.04. The standard InChI is InChI=1S/C20H24N2O2/c1-15-7-6-8-16(13-15)14-21-20(23)22-18-11-4-5-12-19(18)24-17-9-2-3-10-17/h4-8,11-13,17H,2-3,9-10,14H2,1H3,(H2,21,22,23). The van der Waals surface area contributed by atoms with Gasteiger partial charge in [-0.15, -0.1) is 0 Å². The Balaban J connectivity index is 1.57. The van der Waals surface area contributed by atoms with E-state index in [1.807, 2.05) is 49.4 Å². The van der Waals surface area contributed by atoms with Crippen molar-refractivity contribution in [3.05, 3.63) is 59.7 Å². The Morgan fingerprint density at radius 2 is 1.92 bits per heavy atom. The lowest BCUT2D eigenvalue weighted by Crippen LogP contribution is -2.28. The average Bonchev–Trinajstić information content (AvgIpc) is 3.08. The molecule has 4 nitrogen and oxygen atoms in total. The Hall–Kier alpha value is -2.49. The van der Waals surface area contributed by atoms with Crippen molar-refractivity contribution in [2.75, 3.05) is 5.32 Å². The van der Waals surface area contributed by atoms with E-state index in [-0.39, 0.29) is 12.1 Å². The number of urea groups is 1. The molecule has 0 saturated heterocycles. The van der Waals surface area contributed by atoms with Crippen LogP contribution in [0.15, 0.2) is 48.5 Å². The summed E-state index contributed by atoms with van der Waals surface area (Å²) in [6.07, 6.45) is 4.89. The third kappa shape index (κ3) is 4.51. The topological polar surface area (TPSA) is 50.4 Å². The van der Waals surface area contributed by atoms with Gasteiger partial charge in [-0.2, -0.15) is 0 Å². The van der Waals surface area contributed by atoms with Gasteiger partial charge in [0.25, 0.3) is 0 Å². The van der Waals surface area contributed by atoms with E-state index in [1.54, 1.807) is 0 Å². The lowest BCUT2D eigenvalue weighted by Gasteiger charge is -2.17. The Morgan fingerprint density at radius 1 is 1.12 bits per heavy atom. The van der Waals surface area contributed by atoms with E-state index in [1.165, 1.54) is 18.4 Å². The molecular formula is C20H24N2O2. The maximum Gasteiger partial charge on any atom is 0.319 e. The molecule has 2 amide bonds. The second-order valence-electron chi connectivity index (χ2n) is 6.32. The van der Waals surface area contributed by atoms with E-state index in [0.29, 0.717) is 12.2 Å². The van der Waals surface area contributed by atoms with Crippen LogP contribution in [-0.4, -0.2) is 12.1 Å². The fourth-order valence-electron chi connectivity index (χ4n) is 3.03. The summed E-state index contributed by atoms with van der Waals surface area (Å²) in [5, 5.41) is 5.78. The average molecular weight is 324 g/mol. The van der Waals surface area contributed by atoms with Gasteiger partial charge >= 0.3 is 6.03 Å². The van der Waals surface area contributed by atoms with Crippen molar-refractivity contribution in [2.24, 2.45) is 0 Å². The molecule has 4 heteroatoms. The second-order valence-corrected chi connectivity index (χ2v) is 6.32. The molecule has 126 valence electrons. The summed E-state index contributed by atoms with van der Waals surface area (Å²) in [5.74, 6) is 0.745. The van der Waals surface area contributed by atoms with Gasteiger partial charge in [0.1, 0.15) is 5.75 Å². The molecule has 0 heterocycles. The molecule has 3 rings (SSSR count). The number of anilines is 1. The SMILES string of the molecule is Cc1cccc(CNC(=O)Nc2ccccc2OC2CCCC2)c1. The van der Waals surface area contributed by atoms with Crippen LogP contribution in [0.1, 0.15) is 36.8 Å². The summed E-state index contributed by atoms with van der Waals surface area (Å²) in [7, 11) is 0. The summed E-state index contributed by atoms with van der Waals surface area (Å²) >= 11 is 0. The summed E-state index contributed by atoms with van der Waals surface area (Å²) in [6.45, 7) is 2.54. The normalized spacial score (nSPS) is 14.4. The Bertz CT molecular complexity index is 694. The molecule has 0 unspecified atom stereocenters. The van der Waals surface area contributed by atoms with Crippen LogP contribution < -0.4 is 15.4 Å². The zero-order chi connectivity index (χ0) is 16.8. The first-order valence-electron chi connectivity index (χ1n) is 8.57. The molecule has 0 atom stereocenters. The number of aryl methyl sites for hydroxylation is 1. The second kappa shape index (κ2) is 7.86. The van der Waals surface area contributed by atoms with Gasteiger partial charge in [0.15, 0.2) is 0 Å². The summed E-state index contributed by atoms with van der Waals surface area (Å²) in [6, 6.07) is 15.5. The molecule has 0 bridgehead atoms. The van der Waals surface area contributed by atoms with Gasteiger partial charge in [0, 0.05) is 6.54 Å². The molecule has 1 aliphatic carbocycles. The minimum Gasteiger partial charge on any atom is -0.488 e. The number of carbonyl (C=O) groups excluding carboxylic acids is 1. The number of amides is 2. The van der Waals surface area contributed by atoms with Gasteiger partial charge in [-0.05, 0) is 50.3 Å². The molecular weight excluding hydrogens is 300 g/mol. The van der Waals surface area contributed by atoms with Crippen LogP contribution in [0.3, 0.4) is 0 Å².